The first kappa shape index (κ1) is 17.9. The first-order valence-electron chi connectivity index (χ1n) is 7.75. The van der Waals surface area contributed by atoms with Crippen LogP contribution in [0.25, 0.3) is 0 Å². The molecule has 0 spiro atoms. The molecule has 3 aromatic rings. The zero-order chi connectivity index (χ0) is 19.2. The van der Waals surface area contributed by atoms with Crippen molar-refractivity contribution >= 4 is 5.69 Å². The number of rotatable bonds is 7. The number of ether oxygens (including phenoxy) is 4. The van der Waals surface area contributed by atoms with E-state index in [0.29, 0.717) is 11.5 Å². The molecular formula is C18H15N3O6. The first-order chi connectivity index (χ1) is 13.1. The molecule has 27 heavy (non-hydrogen) atoms. The van der Waals surface area contributed by atoms with E-state index in [1.54, 1.807) is 48.5 Å². The highest BCUT2D eigenvalue weighted by molar-refractivity contribution is 5.54. The third-order valence-electron chi connectivity index (χ3n) is 3.49. The van der Waals surface area contributed by atoms with Gasteiger partial charge in [0.25, 0.3) is 0 Å². The summed E-state index contributed by atoms with van der Waals surface area (Å²) < 4.78 is 21.6. The lowest BCUT2D eigenvalue weighted by atomic mass is 10.3. The lowest BCUT2D eigenvalue weighted by molar-refractivity contribution is -0.387. The number of nitrogens with zero attached hydrogens (tertiary/aromatic N) is 3. The summed E-state index contributed by atoms with van der Waals surface area (Å²) in [4.78, 5) is 18.7. The highest BCUT2D eigenvalue weighted by atomic mass is 16.6. The summed E-state index contributed by atoms with van der Waals surface area (Å²) in [6.45, 7) is 0. The van der Waals surface area contributed by atoms with Gasteiger partial charge in [-0.2, -0.15) is 9.97 Å². The van der Waals surface area contributed by atoms with Crippen molar-refractivity contribution in [1.82, 2.24) is 9.97 Å². The van der Waals surface area contributed by atoms with Gasteiger partial charge in [-0.1, -0.05) is 24.3 Å². The van der Waals surface area contributed by atoms with Crippen molar-refractivity contribution in [3.05, 3.63) is 65.0 Å². The molecule has 0 amide bonds. The summed E-state index contributed by atoms with van der Waals surface area (Å²) in [5, 5.41) is 11.6. The molecule has 0 aliphatic heterocycles. The Morgan fingerprint density at radius 2 is 1.19 bits per heavy atom. The van der Waals surface area contributed by atoms with Crippen molar-refractivity contribution in [2.75, 3.05) is 14.2 Å². The molecule has 1 aromatic heterocycles. The number of benzene rings is 2. The van der Waals surface area contributed by atoms with Crippen LogP contribution < -0.4 is 18.9 Å². The molecule has 0 fully saturated rings. The smallest absolute Gasteiger partial charge is 0.393 e. The Kier molecular flexibility index (Phi) is 5.31. The summed E-state index contributed by atoms with van der Waals surface area (Å²) in [5.74, 6) is 0.791. The van der Waals surface area contributed by atoms with Crippen molar-refractivity contribution in [3.63, 3.8) is 0 Å². The molecule has 0 aliphatic rings. The average molecular weight is 369 g/mol. The van der Waals surface area contributed by atoms with Crippen LogP contribution in [-0.2, 0) is 0 Å². The molecule has 138 valence electrons. The van der Waals surface area contributed by atoms with Gasteiger partial charge < -0.3 is 18.9 Å². The normalized spacial score (nSPS) is 10.1. The van der Waals surface area contributed by atoms with Gasteiger partial charge in [0.2, 0.25) is 0 Å². The molecule has 0 aliphatic carbocycles. The Labute approximate surface area is 154 Å². The molecule has 2 aromatic carbocycles. The van der Waals surface area contributed by atoms with Crippen LogP contribution in [-0.4, -0.2) is 29.1 Å². The molecular weight excluding hydrogens is 354 g/mol. The Bertz CT molecular complexity index is 896. The van der Waals surface area contributed by atoms with Crippen molar-refractivity contribution in [2.24, 2.45) is 0 Å². The minimum atomic E-state index is -0.671. The van der Waals surface area contributed by atoms with Crippen LogP contribution in [0.3, 0.4) is 0 Å². The van der Waals surface area contributed by atoms with Crippen LogP contribution in [0, 0.1) is 10.1 Å². The molecule has 0 bridgehead atoms. The van der Waals surface area contributed by atoms with E-state index >= 15 is 0 Å². The van der Waals surface area contributed by atoms with Crippen molar-refractivity contribution in [2.45, 2.75) is 0 Å². The second kappa shape index (κ2) is 8.00. The molecule has 0 saturated carbocycles. The van der Waals surface area contributed by atoms with Crippen molar-refractivity contribution in [1.29, 1.82) is 0 Å². The number of methoxy groups -OCH3 is 2. The minimum Gasteiger partial charge on any atom is -0.493 e. The highest BCUT2D eigenvalue weighted by Gasteiger charge is 2.28. The third-order valence-corrected chi connectivity index (χ3v) is 3.49. The van der Waals surface area contributed by atoms with E-state index in [9.17, 15) is 10.1 Å². The van der Waals surface area contributed by atoms with Crippen molar-refractivity contribution < 1.29 is 23.9 Å². The number of para-hydroxylation sites is 4. The zero-order valence-corrected chi connectivity index (χ0v) is 14.5. The van der Waals surface area contributed by atoms with Gasteiger partial charge in [-0.15, -0.1) is 0 Å². The second-order valence-electron chi connectivity index (χ2n) is 5.10. The standard InChI is InChI=1S/C18H15N3O6/c1-24-12-7-3-5-9-14(12)26-17-16(21(22)23)18(20-11-19-17)27-15-10-6-4-8-13(15)25-2/h3-11H,1-2H3. The SMILES string of the molecule is COc1ccccc1Oc1ncnc(Oc2ccccc2OC)c1[N+](=O)[O-]. The van der Waals surface area contributed by atoms with Gasteiger partial charge in [-0.25, -0.2) is 0 Å². The van der Waals surface area contributed by atoms with Crippen LogP contribution >= 0.6 is 0 Å². The fourth-order valence-electron chi connectivity index (χ4n) is 2.27. The third kappa shape index (κ3) is 3.87. The molecule has 3 rings (SSSR count). The van der Waals surface area contributed by atoms with Crippen LogP contribution in [0.2, 0.25) is 0 Å². The molecule has 0 saturated heterocycles. The summed E-state index contributed by atoms with van der Waals surface area (Å²) >= 11 is 0. The van der Waals surface area contributed by atoms with Gasteiger partial charge in [0.1, 0.15) is 6.33 Å². The number of aromatic nitrogens is 2. The molecule has 0 N–H and O–H groups in total. The van der Waals surface area contributed by atoms with E-state index in [0.717, 1.165) is 6.33 Å². The minimum absolute atomic E-state index is 0.269. The Morgan fingerprint density at radius 1 is 0.778 bits per heavy atom. The molecule has 0 unspecified atom stereocenters. The van der Waals surface area contributed by atoms with E-state index in [2.05, 4.69) is 9.97 Å². The number of hydrogen-bond acceptors (Lipinski definition) is 8. The first-order valence-corrected chi connectivity index (χ1v) is 7.75. The summed E-state index contributed by atoms with van der Waals surface area (Å²) in [7, 11) is 2.93. The van der Waals surface area contributed by atoms with Gasteiger partial charge in [0.15, 0.2) is 23.0 Å². The van der Waals surface area contributed by atoms with E-state index in [1.165, 1.54) is 14.2 Å². The van der Waals surface area contributed by atoms with E-state index in [1.807, 2.05) is 0 Å². The maximum atomic E-state index is 11.6. The lowest BCUT2D eigenvalue weighted by Crippen LogP contribution is -2.02. The van der Waals surface area contributed by atoms with Gasteiger partial charge in [-0.3, -0.25) is 10.1 Å². The fourth-order valence-corrected chi connectivity index (χ4v) is 2.27. The van der Waals surface area contributed by atoms with Gasteiger partial charge in [-0.05, 0) is 24.3 Å². The average Bonchev–Trinajstić information content (AvgIpc) is 2.68. The predicted octanol–water partition coefficient (Wildman–Crippen LogP) is 3.99. The van der Waals surface area contributed by atoms with Gasteiger partial charge >= 0.3 is 17.4 Å². The summed E-state index contributed by atoms with van der Waals surface area (Å²) in [5.41, 5.74) is -0.519. The zero-order valence-electron chi connectivity index (χ0n) is 14.5. The quantitative estimate of drug-likeness (QED) is 0.455. The van der Waals surface area contributed by atoms with E-state index in [4.69, 9.17) is 18.9 Å². The Hall–Kier alpha value is -3.88. The van der Waals surface area contributed by atoms with E-state index in [-0.39, 0.29) is 23.3 Å². The lowest BCUT2D eigenvalue weighted by Gasteiger charge is -2.12. The van der Waals surface area contributed by atoms with Crippen LogP contribution in [0.1, 0.15) is 0 Å². The second-order valence-corrected chi connectivity index (χ2v) is 5.10. The maximum Gasteiger partial charge on any atom is 0.393 e. The Balaban J connectivity index is 2.01. The fraction of sp³-hybridized carbons (Fsp3) is 0.111. The van der Waals surface area contributed by atoms with Gasteiger partial charge in [0.05, 0.1) is 19.1 Å². The largest absolute Gasteiger partial charge is 0.493 e. The number of hydrogen-bond donors (Lipinski definition) is 0. The number of nitro groups is 1. The monoisotopic (exact) mass is 369 g/mol. The molecule has 0 atom stereocenters. The predicted molar refractivity (Wildman–Crippen MR) is 94.8 cm³/mol. The highest BCUT2D eigenvalue weighted by Crippen LogP contribution is 2.41. The molecule has 1 heterocycles. The van der Waals surface area contributed by atoms with Crippen LogP contribution in [0.4, 0.5) is 5.69 Å². The summed E-state index contributed by atoms with van der Waals surface area (Å²) in [6.07, 6.45) is 1.11. The maximum absolute atomic E-state index is 11.6. The van der Waals surface area contributed by atoms with Crippen LogP contribution in [0.5, 0.6) is 34.8 Å². The summed E-state index contributed by atoms with van der Waals surface area (Å²) in [6, 6.07) is 13.4. The Morgan fingerprint density at radius 3 is 1.56 bits per heavy atom. The molecule has 9 heteroatoms. The van der Waals surface area contributed by atoms with E-state index < -0.39 is 10.6 Å². The van der Waals surface area contributed by atoms with Gasteiger partial charge in [0, 0.05) is 0 Å². The molecule has 0 radical (unpaired) electrons. The van der Waals surface area contributed by atoms with Crippen LogP contribution in [0.15, 0.2) is 54.9 Å². The topological polar surface area (TPSA) is 106 Å². The van der Waals surface area contributed by atoms with Crippen molar-refractivity contribution in [3.8, 4) is 34.8 Å². The molecule has 9 nitrogen and oxygen atoms in total.